The van der Waals surface area contributed by atoms with E-state index in [0.717, 1.165) is 28.9 Å². The Morgan fingerprint density at radius 3 is 2.73 bits per heavy atom. The highest BCUT2D eigenvalue weighted by atomic mass is 32.2. The molecule has 0 saturated heterocycles. The normalized spacial score (nSPS) is 15.1. The molecule has 10 heteroatoms. The maximum atomic E-state index is 12.4. The van der Waals surface area contributed by atoms with Gasteiger partial charge >= 0.3 is 0 Å². The summed E-state index contributed by atoms with van der Waals surface area (Å²) >= 11 is 1.25. The number of nitrogens with one attached hydrogen (secondary N) is 2. The molecule has 8 nitrogen and oxygen atoms in total. The molecular weight excluding hydrogens is 422 g/mol. The van der Waals surface area contributed by atoms with Crippen LogP contribution in [0, 0.1) is 12.8 Å². The Hall–Kier alpha value is -1.91. The highest BCUT2D eigenvalue weighted by molar-refractivity contribution is 7.99. The van der Waals surface area contributed by atoms with Crippen molar-refractivity contribution < 1.29 is 13.2 Å². The van der Waals surface area contributed by atoms with Gasteiger partial charge in [0.2, 0.25) is 21.1 Å². The largest absolute Gasteiger partial charge is 0.325 e. The zero-order valence-electron chi connectivity index (χ0n) is 17.6. The van der Waals surface area contributed by atoms with Crippen molar-refractivity contribution in [2.45, 2.75) is 55.5 Å². The SMILES string of the molecule is Cc1ccc(NC(=O)CSc2n[nH]c(CCC3CCCC3)n2)cc1S(=O)(=O)N(C)C. The predicted octanol–water partition coefficient (Wildman–Crippen LogP) is 3.22. The molecule has 1 fully saturated rings. The number of aromatic amines is 1. The number of benzene rings is 1. The van der Waals surface area contributed by atoms with Crippen LogP contribution in [0.4, 0.5) is 5.69 Å². The summed E-state index contributed by atoms with van der Waals surface area (Å²) in [7, 11) is -0.614. The molecule has 30 heavy (non-hydrogen) atoms. The van der Waals surface area contributed by atoms with Gasteiger partial charge in [0.1, 0.15) is 5.82 Å². The van der Waals surface area contributed by atoms with Crippen molar-refractivity contribution in [2.24, 2.45) is 5.92 Å². The third kappa shape index (κ3) is 5.83. The van der Waals surface area contributed by atoms with E-state index in [9.17, 15) is 13.2 Å². The lowest BCUT2D eigenvalue weighted by molar-refractivity contribution is -0.113. The van der Waals surface area contributed by atoms with Gasteiger partial charge in [-0.25, -0.2) is 17.7 Å². The second-order valence-electron chi connectivity index (χ2n) is 7.86. The van der Waals surface area contributed by atoms with E-state index in [-0.39, 0.29) is 16.6 Å². The van der Waals surface area contributed by atoms with Crippen LogP contribution in [0.15, 0.2) is 28.3 Å². The molecule has 3 rings (SSSR count). The molecule has 2 N–H and O–H groups in total. The fourth-order valence-corrected chi connectivity index (χ4v) is 5.34. The fraction of sp³-hybridized carbons (Fsp3) is 0.550. The molecule has 0 spiro atoms. The van der Waals surface area contributed by atoms with Gasteiger partial charge in [0.25, 0.3) is 0 Å². The summed E-state index contributed by atoms with van der Waals surface area (Å²) in [5, 5.41) is 10.4. The van der Waals surface area contributed by atoms with Crippen LogP contribution in [0.5, 0.6) is 0 Å². The zero-order valence-corrected chi connectivity index (χ0v) is 19.3. The Morgan fingerprint density at radius 2 is 2.03 bits per heavy atom. The first-order chi connectivity index (χ1) is 14.3. The number of sulfonamides is 1. The molecule has 0 unspecified atom stereocenters. The average Bonchev–Trinajstić information content (AvgIpc) is 3.37. The first-order valence-corrected chi connectivity index (χ1v) is 12.6. The molecule has 0 aliphatic heterocycles. The van der Waals surface area contributed by atoms with Gasteiger partial charge < -0.3 is 5.32 Å². The topological polar surface area (TPSA) is 108 Å². The summed E-state index contributed by atoms with van der Waals surface area (Å²) in [6.07, 6.45) is 7.31. The van der Waals surface area contributed by atoms with Crippen molar-refractivity contribution >= 4 is 33.4 Å². The summed E-state index contributed by atoms with van der Waals surface area (Å²) in [6.45, 7) is 1.73. The van der Waals surface area contributed by atoms with Crippen molar-refractivity contribution in [3.8, 4) is 0 Å². The summed E-state index contributed by atoms with van der Waals surface area (Å²) in [4.78, 5) is 17.0. The molecule has 164 valence electrons. The summed E-state index contributed by atoms with van der Waals surface area (Å²) in [5.74, 6) is 1.56. The number of hydrogen-bond acceptors (Lipinski definition) is 6. The number of thioether (sulfide) groups is 1. The third-order valence-corrected chi connectivity index (χ3v) is 8.14. The zero-order chi connectivity index (χ0) is 21.7. The molecule has 2 aromatic rings. The molecule has 1 heterocycles. The van der Waals surface area contributed by atoms with Crippen LogP contribution in [-0.4, -0.2) is 53.7 Å². The van der Waals surface area contributed by atoms with Gasteiger partial charge in [-0.1, -0.05) is 43.5 Å². The smallest absolute Gasteiger partial charge is 0.242 e. The minimum absolute atomic E-state index is 0.142. The number of anilines is 1. The van der Waals surface area contributed by atoms with E-state index in [2.05, 4.69) is 20.5 Å². The second kappa shape index (κ2) is 9.93. The Kier molecular flexibility index (Phi) is 7.54. The predicted molar refractivity (Wildman–Crippen MR) is 118 cm³/mol. The number of carbonyl (C=O) groups is 1. The lowest BCUT2D eigenvalue weighted by Gasteiger charge is -2.15. The van der Waals surface area contributed by atoms with Gasteiger partial charge in [-0.15, -0.1) is 5.10 Å². The summed E-state index contributed by atoms with van der Waals surface area (Å²) < 4.78 is 26.0. The van der Waals surface area contributed by atoms with Crippen molar-refractivity contribution in [3.05, 3.63) is 29.6 Å². The minimum atomic E-state index is -3.58. The fourth-order valence-electron chi connectivity index (χ4n) is 3.57. The van der Waals surface area contributed by atoms with E-state index < -0.39 is 10.0 Å². The van der Waals surface area contributed by atoms with Gasteiger partial charge in [-0.3, -0.25) is 9.89 Å². The lowest BCUT2D eigenvalue weighted by atomic mass is 10.0. The van der Waals surface area contributed by atoms with E-state index in [1.54, 1.807) is 19.1 Å². The van der Waals surface area contributed by atoms with Gasteiger partial charge in [0, 0.05) is 26.2 Å². The van der Waals surface area contributed by atoms with E-state index in [1.165, 1.54) is 57.6 Å². The number of hydrogen-bond donors (Lipinski definition) is 2. The number of aryl methyl sites for hydroxylation is 2. The Labute approximate surface area is 182 Å². The van der Waals surface area contributed by atoms with E-state index in [0.29, 0.717) is 16.4 Å². The van der Waals surface area contributed by atoms with Crippen molar-refractivity contribution in [2.75, 3.05) is 25.2 Å². The van der Waals surface area contributed by atoms with Crippen LogP contribution in [-0.2, 0) is 21.2 Å². The van der Waals surface area contributed by atoms with Crippen molar-refractivity contribution in [1.29, 1.82) is 0 Å². The van der Waals surface area contributed by atoms with Crippen molar-refractivity contribution in [3.63, 3.8) is 0 Å². The molecule has 1 saturated carbocycles. The first-order valence-electron chi connectivity index (χ1n) is 10.1. The molecule has 1 amide bonds. The second-order valence-corrected chi connectivity index (χ2v) is 10.9. The highest BCUT2D eigenvalue weighted by Crippen LogP contribution is 2.28. The van der Waals surface area contributed by atoms with Gasteiger partial charge in [-0.05, 0) is 37.0 Å². The maximum Gasteiger partial charge on any atom is 0.242 e. The van der Waals surface area contributed by atoms with E-state index in [4.69, 9.17) is 0 Å². The molecule has 0 atom stereocenters. The Balaban J connectivity index is 1.52. The average molecular weight is 452 g/mol. The summed E-state index contributed by atoms with van der Waals surface area (Å²) in [6, 6.07) is 4.87. The van der Waals surface area contributed by atoms with Crippen molar-refractivity contribution in [1.82, 2.24) is 19.5 Å². The molecule has 0 radical (unpaired) electrons. The third-order valence-electron chi connectivity index (χ3n) is 5.34. The van der Waals surface area contributed by atoms with Gasteiger partial charge in [0.05, 0.1) is 10.6 Å². The van der Waals surface area contributed by atoms with Crippen LogP contribution in [0.3, 0.4) is 0 Å². The monoisotopic (exact) mass is 451 g/mol. The Bertz CT molecular complexity index is 982. The maximum absolute atomic E-state index is 12.4. The molecule has 1 aromatic heterocycles. The van der Waals surface area contributed by atoms with Crippen LogP contribution in [0.2, 0.25) is 0 Å². The molecule has 1 aromatic carbocycles. The van der Waals surface area contributed by atoms with Crippen LogP contribution in [0.25, 0.3) is 0 Å². The molecule has 1 aliphatic carbocycles. The number of H-pyrrole nitrogens is 1. The molecular formula is C20H29N5O3S2. The Morgan fingerprint density at radius 1 is 1.30 bits per heavy atom. The molecule has 0 bridgehead atoms. The number of aromatic nitrogens is 3. The van der Waals surface area contributed by atoms with Crippen LogP contribution in [0.1, 0.15) is 43.5 Å². The first kappa shape index (κ1) is 22.8. The standard InChI is InChI=1S/C20H29N5O3S2/c1-14-8-10-16(12-17(14)30(27,28)25(2)3)21-19(26)13-29-20-22-18(23-24-20)11-9-15-6-4-5-7-15/h8,10,12,15H,4-7,9,11,13H2,1-3H3,(H,21,26)(H,22,23,24). The lowest BCUT2D eigenvalue weighted by Crippen LogP contribution is -2.23. The minimum Gasteiger partial charge on any atom is -0.325 e. The number of nitrogens with zero attached hydrogens (tertiary/aromatic N) is 3. The highest BCUT2D eigenvalue weighted by Gasteiger charge is 2.20. The number of amides is 1. The van der Waals surface area contributed by atoms with Gasteiger partial charge in [0.15, 0.2) is 0 Å². The quantitative estimate of drug-likeness (QED) is 0.567. The molecule has 1 aliphatic rings. The van der Waals surface area contributed by atoms with E-state index >= 15 is 0 Å². The van der Waals surface area contributed by atoms with Crippen LogP contribution < -0.4 is 5.32 Å². The summed E-state index contributed by atoms with van der Waals surface area (Å²) in [5.41, 5.74) is 1.07. The van der Waals surface area contributed by atoms with Gasteiger partial charge in [-0.2, -0.15) is 0 Å². The number of carbonyl (C=O) groups excluding carboxylic acids is 1. The van der Waals surface area contributed by atoms with E-state index in [1.807, 2.05) is 0 Å². The van der Waals surface area contributed by atoms with Crippen LogP contribution >= 0.6 is 11.8 Å². The number of rotatable bonds is 9.